The predicted octanol–water partition coefficient (Wildman–Crippen LogP) is 2.78. The zero-order valence-electron chi connectivity index (χ0n) is 11.8. The van der Waals surface area contributed by atoms with Gasteiger partial charge in [0.2, 0.25) is 5.91 Å². The summed E-state index contributed by atoms with van der Waals surface area (Å²) in [5.41, 5.74) is 1.85. The molecule has 1 unspecified atom stereocenters. The van der Waals surface area contributed by atoms with Gasteiger partial charge >= 0.3 is 5.97 Å². The van der Waals surface area contributed by atoms with Crippen molar-refractivity contribution in [3.05, 3.63) is 35.4 Å². The number of carboxylic acids is 1. The summed E-state index contributed by atoms with van der Waals surface area (Å²) in [6, 6.07) is 7.53. The van der Waals surface area contributed by atoms with Crippen molar-refractivity contribution in [3.63, 3.8) is 0 Å². The Morgan fingerprint density at radius 2 is 1.95 bits per heavy atom. The molecule has 0 radical (unpaired) electrons. The van der Waals surface area contributed by atoms with Gasteiger partial charge in [-0.3, -0.25) is 9.59 Å². The van der Waals surface area contributed by atoms with Crippen molar-refractivity contribution in [3.8, 4) is 0 Å². The average Bonchev–Trinajstić information content (AvgIpc) is 2.64. The molecule has 20 heavy (non-hydrogen) atoms. The number of aliphatic carboxylic acids is 1. The standard InChI is InChI=1S/C16H21NO3/c1-12(16(19)20)14-8-6-13(7-9-14)11-17-10-4-2-3-5-15(17)18/h6-9,12H,2-5,10-11H2,1H3,(H,19,20). The molecule has 1 amide bonds. The van der Waals surface area contributed by atoms with Crippen molar-refractivity contribution in [1.29, 1.82) is 0 Å². The van der Waals surface area contributed by atoms with Gasteiger partial charge < -0.3 is 10.0 Å². The van der Waals surface area contributed by atoms with Crippen molar-refractivity contribution >= 4 is 11.9 Å². The maximum atomic E-state index is 11.9. The van der Waals surface area contributed by atoms with Gasteiger partial charge in [0.05, 0.1) is 5.92 Å². The second-order valence-corrected chi connectivity index (χ2v) is 5.43. The summed E-state index contributed by atoms with van der Waals surface area (Å²) in [5, 5.41) is 8.98. The molecule has 0 spiro atoms. The van der Waals surface area contributed by atoms with Gasteiger partial charge in [-0.1, -0.05) is 30.7 Å². The van der Waals surface area contributed by atoms with Crippen LogP contribution in [0.15, 0.2) is 24.3 Å². The van der Waals surface area contributed by atoms with Gasteiger partial charge in [0, 0.05) is 19.5 Å². The molecule has 0 saturated carbocycles. The Kier molecular flexibility index (Phi) is 4.77. The molecule has 1 aromatic carbocycles. The van der Waals surface area contributed by atoms with E-state index in [-0.39, 0.29) is 5.91 Å². The number of likely N-dealkylation sites (tertiary alicyclic amines) is 1. The van der Waals surface area contributed by atoms with Crippen LogP contribution in [0.1, 0.15) is 49.7 Å². The van der Waals surface area contributed by atoms with Crippen LogP contribution in [0.4, 0.5) is 0 Å². The van der Waals surface area contributed by atoms with Crippen molar-refractivity contribution in [2.75, 3.05) is 6.54 Å². The van der Waals surface area contributed by atoms with E-state index >= 15 is 0 Å². The van der Waals surface area contributed by atoms with Crippen LogP contribution in [0.3, 0.4) is 0 Å². The topological polar surface area (TPSA) is 57.6 Å². The number of nitrogens with zero attached hydrogens (tertiary/aromatic N) is 1. The summed E-state index contributed by atoms with van der Waals surface area (Å²) < 4.78 is 0. The maximum absolute atomic E-state index is 11.9. The van der Waals surface area contributed by atoms with Gasteiger partial charge in [-0.2, -0.15) is 0 Å². The monoisotopic (exact) mass is 275 g/mol. The minimum absolute atomic E-state index is 0.227. The van der Waals surface area contributed by atoms with Gasteiger partial charge in [0.1, 0.15) is 0 Å². The van der Waals surface area contributed by atoms with E-state index in [1.807, 2.05) is 29.2 Å². The zero-order valence-corrected chi connectivity index (χ0v) is 11.8. The molecule has 1 fully saturated rings. The van der Waals surface area contributed by atoms with Gasteiger partial charge in [-0.25, -0.2) is 0 Å². The highest BCUT2D eigenvalue weighted by Crippen LogP contribution is 2.18. The third-order valence-corrected chi connectivity index (χ3v) is 3.89. The molecular formula is C16H21NO3. The van der Waals surface area contributed by atoms with Crippen molar-refractivity contribution in [2.24, 2.45) is 0 Å². The highest BCUT2D eigenvalue weighted by atomic mass is 16.4. The Labute approximate surface area is 119 Å². The van der Waals surface area contributed by atoms with E-state index in [1.165, 1.54) is 0 Å². The lowest BCUT2D eigenvalue weighted by atomic mass is 10.00. The highest BCUT2D eigenvalue weighted by Gasteiger charge is 2.17. The van der Waals surface area contributed by atoms with E-state index < -0.39 is 11.9 Å². The number of carbonyl (C=O) groups is 2. The zero-order chi connectivity index (χ0) is 14.5. The van der Waals surface area contributed by atoms with E-state index in [2.05, 4.69) is 0 Å². The first-order chi connectivity index (χ1) is 9.58. The number of carbonyl (C=O) groups excluding carboxylic acids is 1. The Morgan fingerprint density at radius 1 is 1.25 bits per heavy atom. The molecular weight excluding hydrogens is 254 g/mol. The molecule has 4 heteroatoms. The molecule has 2 rings (SSSR count). The van der Waals surface area contributed by atoms with Crippen LogP contribution < -0.4 is 0 Å². The summed E-state index contributed by atoms with van der Waals surface area (Å²) in [4.78, 5) is 24.8. The summed E-state index contributed by atoms with van der Waals surface area (Å²) in [7, 11) is 0. The largest absolute Gasteiger partial charge is 0.481 e. The number of hydrogen-bond donors (Lipinski definition) is 1. The van der Waals surface area contributed by atoms with Gasteiger partial charge in [0.15, 0.2) is 0 Å². The normalized spacial score (nSPS) is 17.6. The molecule has 4 nitrogen and oxygen atoms in total. The molecule has 1 aromatic rings. The van der Waals surface area contributed by atoms with Gasteiger partial charge in [0.25, 0.3) is 0 Å². The third-order valence-electron chi connectivity index (χ3n) is 3.89. The van der Waals surface area contributed by atoms with E-state index in [0.29, 0.717) is 13.0 Å². The molecule has 1 aliphatic rings. The lowest BCUT2D eigenvalue weighted by molar-refractivity contribution is -0.138. The number of rotatable bonds is 4. The predicted molar refractivity (Wildman–Crippen MR) is 76.4 cm³/mol. The molecule has 1 aliphatic heterocycles. The molecule has 0 aliphatic carbocycles. The Bertz CT molecular complexity index is 481. The van der Waals surface area contributed by atoms with Crippen LogP contribution in [-0.2, 0) is 16.1 Å². The average molecular weight is 275 g/mol. The summed E-state index contributed by atoms with van der Waals surface area (Å²) >= 11 is 0. The summed E-state index contributed by atoms with van der Waals surface area (Å²) in [6.45, 7) is 3.13. The second kappa shape index (κ2) is 6.55. The van der Waals surface area contributed by atoms with Crippen LogP contribution in [0.25, 0.3) is 0 Å². The second-order valence-electron chi connectivity index (χ2n) is 5.43. The van der Waals surface area contributed by atoms with E-state index in [9.17, 15) is 9.59 Å². The Hall–Kier alpha value is -1.84. The van der Waals surface area contributed by atoms with E-state index in [0.717, 1.165) is 36.9 Å². The van der Waals surface area contributed by atoms with E-state index in [1.54, 1.807) is 6.92 Å². The van der Waals surface area contributed by atoms with Crippen LogP contribution in [0.5, 0.6) is 0 Å². The fourth-order valence-electron chi connectivity index (χ4n) is 2.48. The first-order valence-corrected chi connectivity index (χ1v) is 7.17. The SMILES string of the molecule is CC(C(=O)O)c1ccc(CN2CCCCCC2=O)cc1. The quantitative estimate of drug-likeness (QED) is 0.919. The van der Waals surface area contributed by atoms with Crippen LogP contribution in [0, 0.1) is 0 Å². The molecule has 1 N–H and O–H groups in total. The number of carboxylic acid groups (broad SMARTS) is 1. The summed E-state index contributed by atoms with van der Waals surface area (Å²) in [6.07, 6.45) is 3.83. The van der Waals surface area contributed by atoms with Crippen LogP contribution in [-0.4, -0.2) is 28.4 Å². The minimum atomic E-state index is -0.819. The molecule has 1 saturated heterocycles. The third kappa shape index (κ3) is 3.59. The fourth-order valence-corrected chi connectivity index (χ4v) is 2.48. The minimum Gasteiger partial charge on any atom is -0.481 e. The number of benzene rings is 1. The molecule has 0 bridgehead atoms. The van der Waals surface area contributed by atoms with Crippen molar-refractivity contribution < 1.29 is 14.7 Å². The lowest BCUT2D eigenvalue weighted by Crippen LogP contribution is -2.29. The van der Waals surface area contributed by atoms with E-state index in [4.69, 9.17) is 5.11 Å². The number of amides is 1. The highest BCUT2D eigenvalue weighted by molar-refractivity contribution is 5.76. The Morgan fingerprint density at radius 3 is 2.60 bits per heavy atom. The smallest absolute Gasteiger partial charge is 0.310 e. The van der Waals surface area contributed by atoms with Crippen LogP contribution in [0.2, 0.25) is 0 Å². The summed E-state index contributed by atoms with van der Waals surface area (Å²) in [5.74, 6) is -1.09. The molecule has 0 aromatic heterocycles. The lowest BCUT2D eigenvalue weighted by Gasteiger charge is -2.20. The van der Waals surface area contributed by atoms with Crippen molar-refractivity contribution in [1.82, 2.24) is 4.90 Å². The molecule has 108 valence electrons. The fraction of sp³-hybridized carbons (Fsp3) is 0.500. The molecule has 1 atom stereocenters. The first-order valence-electron chi connectivity index (χ1n) is 7.17. The van der Waals surface area contributed by atoms with Crippen molar-refractivity contribution in [2.45, 2.75) is 45.1 Å². The van der Waals surface area contributed by atoms with Crippen LogP contribution >= 0.6 is 0 Å². The van der Waals surface area contributed by atoms with Gasteiger partial charge in [-0.05, 0) is 30.9 Å². The molecule has 1 heterocycles. The first kappa shape index (κ1) is 14.6. The Balaban J connectivity index is 2.03. The maximum Gasteiger partial charge on any atom is 0.310 e. The van der Waals surface area contributed by atoms with Gasteiger partial charge in [-0.15, -0.1) is 0 Å². The number of hydrogen-bond acceptors (Lipinski definition) is 2.